The molecule has 0 radical (unpaired) electrons. The number of ether oxygens (including phenoxy) is 2. The Morgan fingerprint density at radius 3 is 2.32 bits per heavy atom. The summed E-state index contributed by atoms with van der Waals surface area (Å²) < 4.78 is 36.7. The van der Waals surface area contributed by atoms with Crippen LogP contribution in [0.1, 0.15) is 13.8 Å². The number of hydrogen-bond acceptors (Lipinski definition) is 6. The molecule has 0 aliphatic heterocycles. The third-order valence-corrected chi connectivity index (χ3v) is 5.42. The lowest BCUT2D eigenvalue weighted by Crippen LogP contribution is -2.46. The van der Waals surface area contributed by atoms with Crippen LogP contribution in [0.3, 0.4) is 0 Å². The van der Waals surface area contributed by atoms with Gasteiger partial charge in [-0.1, -0.05) is 0 Å². The van der Waals surface area contributed by atoms with E-state index in [4.69, 9.17) is 9.47 Å². The van der Waals surface area contributed by atoms with Gasteiger partial charge in [-0.3, -0.25) is 9.59 Å². The first kappa shape index (κ1) is 20.7. The van der Waals surface area contributed by atoms with Crippen LogP contribution in [0.5, 0.6) is 11.5 Å². The normalized spacial score (nSPS) is 12.5. The lowest BCUT2D eigenvalue weighted by atomic mass is 10.3. The third kappa shape index (κ3) is 5.07. The molecule has 1 unspecified atom stereocenters. The zero-order valence-corrected chi connectivity index (χ0v) is 15.3. The minimum Gasteiger partial charge on any atom is -0.493 e. The highest BCUT2D eigenvalue weighted by Gasteiger charge is 2.33. The number of nitrogens with one attached hydrogen (secondary N) is 1. The van der Waals surface area contributed by atoms with Crippen molar-refractivity contribution in [3.05, 3.63) is 18.2 Å². The second-order valence-electron chi connectivity index (χ2n) is 5.13. The standard InChI is InChI=1S/C15H22N2O7S/c1-10(15(19)20)17(8-7-16-11(2)18)25(21,22)12-5-6-13(23-3)14(9-12)24-4/h5-6,9-10H,7-8H2,1-4H3,(H,16,18)(H,19,20). The lowest BCUT2D eigenvalue weighted by molar-refractivity contribution is -0.140. The van der Waals surface area contributed by atoms with Crippen LogP contribution >= 0.6 is 0 Å². The molecule has 25 heavy (non-hydrogen) atoms. The summed E-state index contributed by atoms with van der Waals surface area (Å²) in [4.78, 5) is 22.1. The van der Waals surface area contributed by atoms with Crippen molar-refractivity contribution in [2.45, 2.75) is 24.8 Å². The van der Waals surface area contributed by atoms with E-state index < -0.39 is 22.0 Å². The largest absolute Gasteiger partial charge is 0.493 e. The summed E-state index contributed by atoms with van der Waals surface area (Å²) in [5, 5.41) is 11.7. The molecule has 1 aromatic carbocycles. The van der Waals surface area contributed by atoms with Gasteiger partial charge in [-0.2, -0.15) is 4.31 Å². The second-order valence-corrected chi connectivity index (χ2v) is 7.02. The summed E-state index contributed by atoms with van der Waals surface area (Å²) in [7, 11) is -1.36. The van der Waals surface area contributed by atoms with Crippen molar-refractivity contribution in [3.63, 3.8) is 0 Å². The van der Waals surface area contributed by atoms with Gasteiger partial charge in [-0.15, -0.1) is 0 Å². The van der Waals surface area contributed by atoms with E-state index in [-0.39, 0.29) is 29.6 Å². The molecule has 0 bridgehead atoms. The number of benzene rings is 1. The second kappa shape index (κ2) is 8.67. The fraction of sp³-hybridized carbons (Fsp3) is 0.467. The molecule has 1 amide bonds. The highest BCUT2D eigenvalue weighted by molar-refractivity contribution is 7.89. The van der Waals surface area contributed by atoms with Gasteiger partial charge in [0.15, 0.2) is 11.5 Å². The first-order valence-electron chi connectivity index (χ1n) is 7.36. The van der Waals surface area contributed by atoms with Crippen LogP contribution in [0.2, 0.25) is 0 Å². The van der Waals surface area contributed by atoms with Gasteiger partial charge < -0.3 is 19.9 Å². The molecule has 0 saturated heterocycles. The number of amides is 1. The van der Waals surface area contributed by atoms with Gasteiger partial charge in [0.2, 0.25) is 15.9 Å². The molecule has 140 valence electrons. The summed E-state index contributed by atoms with van der Waals surface area (Å²) >= 11 is 0. The average molecular weight is 374 g/mol. The monoisotopic (exact) mass is 374 g/mol. The van der Waals surface area contributed by atoms with E-state index in [0.717, 1.165) is 4.31 Å². The average Bonchev–Trinajstić information content (AvgIpc) is 2.56. The Morgan fingerprint density at radius 2 is 1.84 bits per heavy atom. The molecular weight excluding hydrogens is 352 g/mol. The first-order valence-corrected chi connectivity index (χ1v) is 8.80. The maximum Gasteiger partial charge on any atom is 0.321 e. The van der Waals surface area contributed by atoms with Gasteiger partial charge in [0.1, 0.15) is 6.04 Å². The Labute approximate surface area is 146 Å². The van der Waals surface area contributed by atoms with Crippen LogP contribution in [-0.2, 0) is 19.6 Å². The molecular formula is C15H22N2O7S. The minimum atomic E-state index is -4.14. The highest BCUT2D eigenvalue weighted by atomic mass is 32.2. The number of carbonyl (C=O) groups is 2. The summed E-state index contributed by atoms with van der Waals surface area (Å²) in [6.07, 6.45) is 0. The Balaban J connectivity index is 3.25. The van der Waals surface area contributed by atoms with Crippen molar-refractivity contribution in [2.24, 2.45) is 0 Å². The van der Waals surface area contributed by atoms with Crippen molar-refractivity contribution >= 4 is 21.9 Å². The van der Waals surface area contributed by atoms with E-state index in [1.807, 2.05) is 0 Å². The predicted octanol–water partition coefficient (Wildman–Crippen LogP) is 0.304. The summed E-state index contributed by atoms with van der Waals surface area (Å²) in [6.45, 7) is 2.34. The molecule has 0 saturated carbocycles. The number of rotatable bonds is 9. The van der Waals surface area contributed by atoms with Crippen LogP contribution in [0, 0.1) is 0 Å². The third-order valence-electron chi connectivity index (χ3n) is 3.46. The maximum absolute atomic E-state index is 12.9. The van der Waals surface area contributed by atoms with E-state index in [1.54, 1.807) is 0 Å². The van der Waals surface area contributed by atoms with Gasteiger partial charge in [0, 0.05) is 26.1 Å². The summed E-state index contributed by atoms with van der Waals surface area (Å²) in [6, 6.07) is 2.67. The molecule has 0 fully saturated rings. The first-order chi connectivity index (χ1) is 11.6. The highest BCUT2D eigenvalue weighted by Crippen LogP contribution is 2.31. The van der Waals surface area contributed by atoms with Crippen molar-refractivity contribution in [1.29, 1.82) is 0 Å². The summed E-state index contributed by atoms with van der Waals surface area (Å²) in [5.41, 5.74) is 0. The van der Waals surface area contributed by atoms with Gasteiger partial charge >= 0.3 is 5.97 Å². The Bertz CT molecular complexity index is 733. The molecule has 0 heterocycles. The fourth-order valence-corrected chi connectivity index (χ4v) is 3.70. The molecule has 1 aromatic rings. The molecule has 0 aliphatic carbocycles. The van der Waals surface area contributed by atoms with Crippen molar-refractivity contribution < 1.29 is 32.6 Å². The van der Waals surface area contributed by atoms with E-state index in [2.05, 4.69) is 5.32 Å². The zero-order chi connectivity index (χ0) is 19.2. The van der Waals surface area contributed by atoms with Crippen LogP contribution in [0.15, 0.2) is 23.1 Å². The number of aliphatic carboxylic acids is 1. The van der Waals surface area contributed by atoms with Gasteiger partial charge in [-0.05, 0) is 19.1 Å². The smallest absolute Gasteiger partial charge is 0.321 e. The SMILES string of the molecule is COc1ccc(S(=O)(=O)N(CCNC(C)=O)C(C)C(=O)O)cc1OC. The van der Waals surface area contributed by atoms with Crippen molar-refractivity contribution in [2.75, 3.05) is 27.3 Å². The molecule has 1 atom stereocenters. The van der Waals surface area contributed by atoms with Gasteiger partial charge in [-0.25, -0.2) is 8.42 Å². The molecule has 1 rings (SSSR count). The molecule has 9 nitrogen and oxygen atoms in total. The van der Waals surface area contributed by atoms with E-state index in [9.17, 15) is 23.1 Å². The predicted molar refractivity (Wildman–Crippen MR) is 89.2 cm³/mol. The quantitative estimate of drug-likeness (QED) is 0.637. The van der Waals surface area contributed by atoms with Gasteiger partial charge in [0.25, 0.3) is 0 Å². The number of methoxy groups -OCH3 is 2. The maximum atomic E-state index is 12.9. The summed E-state index contributed by atoms with van der Waals surface area (Å²) in [5.74, 6) is -1.09. The zero-order valence-electron chi connectivity index (χ0n) is 14.5. The Hall–Kier alpha value is -2.33. The molecule has 0 aliphatic rings. The Kier molecular flexibility index (Phi) is 7.19. The van der Waals surface area contributed by atoms with E-state index in [0.29, 0.717) is 5.75 Å². The molecule has 2 N–H and O–H groups in total. The number of sulfonamides is 1. The lowest BCUT2D eigenvalue weighted by Gasteiger charge is -2.26. The molecule has 0 spiro atoms. The van der Waals surface area contributed by atoms with Crippen LogP contribution in [0.4, 0.5) is 0 Å². The Morgan fingerprint density at radius 1 is 1.24 bits per heavy atom. The number of carbonyl (C=O) groups excluding carboxylic acids is 1. The van der Waals surface area contributed by atoms with Gasteiger partial charge in [0.05, 0.1) is 19.1 Å². The molecule has 10 heteroatoms. The number of carboxylic acids is 1. The van der Waals surface area contributed by atoms with E-state index in [1.165, 1.54) is 46.3 Å². The van der Waals surface area contributed by atoms with Crippen LogP contribution in [0.25, 0.3) is 0 Å². The fourth-order valence-electron chi connectivity index (χ4n) is 2.10. The number of hydrogen-bond donors (Lipinski definition) is 2. The number of nitrogens with zero attached hydrogens (tertiary/aromatic N) is 1. The van der Waals surface area contributed by atoms with Crippen LogP contribution in [-0.4, -0.2) is 63.1 Å². The van der Waals surface area contributed by atoms with Crippen molar-refractivity contribution in [3.8, 4) is 11.5 Å². The van der Waals surface area contributed by atoms with E-state index >= 15 is 0 Å². The number of carboxylic acid groups (broad SMARTS) is 1. The topological polar surface area (TPSA) is 122 Å². The van der Waals surface area contributed by atoms with Crippen molar-refractivity contribution in [1.82, 2.24) is 9.62 Å². The molecule has 0 aromatic heterocycles. The van der Waals surface area contributed by atoms with Crippen LogP contribution < -0.4 is 14.8 Å². The minimum absolute atomic E-state index is 0.0144.